The van der Waals surface area contributed by atoms with Crippen LogP contribution in [0.1, 0.15) is 30.4 Å². The molecule has 0 bridgehead atoms. The second-order valence-electron chi connectivity index (χ2n) is 10.0. The van der Waals surface area contributed by atoms with Gasteiger partial charge < -0.3 is 19.4 Å². The zero-order chi connectivity index (χ0) is 24.3. The Morgan fingerprint density at radius 1 is 1.17 bits per heavy atom. The molecule has 2 aromatic carbocycles. The number of aromatic nitrogens is 1. The van der Waals surface area contributed by atoms with Crippen molar-refractivity contribution < 1.29 is 14.3 Å². The van der Waals surface area contributed by atoms with Gasteiger partial charge in [-0.3, -0.25) is 9.69 Å². The third-order valence-electron chi connectivity index (χ3n) is 7.38. The number of carbonyl (C=O) groups is 1. The van der Waals surface area contributed by atoms with E-state index in [4.69, 9.17) is 21.1 Å². The molecule has 0 radical (unpaired) electrons. The summed E-state index contributed by atoms with van der Waals surface area (Å²) >= 11 is 6.22. The lowest BCUT2D eigenvalue weighted by molar-refractivity contribution is -0.139. The number of likely N-dealkylation sites (tertiary alicyclic amines) is 1. The van der Waals surface area contributed by atoms with Crippen LogP contribution in [-0.4, -0.2) is 66.7 Å². The number of carbonyl (C=O) groups excluding carboxylic acids is 1. The summed E-state index contributed by atoms with van der Waals surface area (Å²) in [4.78, 5) is 21.1. The normalized spacial score (nSPS) is 21.4. The van der Waals surface area contributed by atoms with Gasteiger partial charge in [-0.25, -0.2) is 0 Å². The van der Waals surface area contributed by atoms with Gasteiger partial charge in [-0.1, -0.05) is 23.7 Å². The summed E-state index contributed by atoms with van der Waals surface area (Å²) in [5.74, 6) is 1.01. The Kier molecular flexibility index (Phi) is 7.32. The van der Waals surface area contributed by atoms with E-state index in [1.165, 1.54) is 10.9 Å². The minimum absolute atomic E-state index is 0.207. The van der Waals surface area contributed by atoms with E-state index in [-0.39, 0.29) is 11.3 Å². The summed E-state index contributed by atoms with van der Waals surface area (Å²) in [7, 11) is 0. The number of ether oxygens (including phenoxy) is 2. The summed E-state index contributed by atoms with van der Waals surface area (Å²) in [6, 6.07) is 14.4. The van der Waals surface area contributed by atoms with Crippen molar-refractivity contribution in [3.63, 3.8) is 0 Å². The molecule has 7 heteroatoms. The number of piperidine rings is 1. The van der Waals surface area contributed by atoms with Crippen LogP contribution in [-0.2, 0) is 16.1 Å². The van der Waals surface area contributed by atoms with E-state index < -0.39 is 0 Å². The van der Waals surface area contributed by atoms with E-state index in [1.54, 1.807) is 0 Å². The number of halogens is 1. The van der Waals surface area contributed by atoms with Gasteiger partial charge in [-0.15, -0.1) is 0 Å². The number of hydrogen-bond acceptors (Lipinski definition) is 4. The van der Waals surface area contributed by atoms with Crippen molar-refractivity contribution in [2.75, 3.05) is 46.0 Å². The third-order valence-corrected chi connectivity index (χ3v) is 7.81. The van der Waals surface area contributed by atoms with Crippen molar-refractivity contribution in [3.8, 4) is 5.75 Å². The average Bonchev–Trinajstić information content (AvgIpc) is 3.36. The number of nitrogens with zero attached hydrogens (tertiary/aromatic N) is 2. The first-order valence-electron chi connectivity index (χ1n) is 12.5. The molecule has 0 aliphatic carbocycles. The lowest BCUT2D eigenvalue weighted by Crippen LogP contribution is -2.50. The van der Waals surface area contributed by atoms with Crippen LogP contribution in [0, 0.1) is 12.3 Å². The molecule has 6 nitrogen and oxygen atoms in total. The number of benzene rings is 2. The lowest BCUT2D eigenvalue weighted by Gasteiger charge is -2.43. The lowest BCUT2D eigenvalue weighted by atomic mass is 9.77. The van der Waals surface area contributed by atoms with Crippen LogP contribution in [0.3, 0.4) is 0 Å². The van der Waals surface area contributed by atoms with E-state index in [2.05, 4.69) is 34.1 Å². The minimum Gasteiger partial charge on any atom is -0.493 e. The maximum atomic E-state index is 13.4. The smallest absolute Gasteiger partial charge is 0.223 e. The molecule has 0 spiro atoms. The Morgan fingerprint density at radius 2 is 2.03 bits per heavy atom. The molecule has 1 aromatic heterocycles. The summed E-state index contributed by atoms with van der Waals surface area (Å²) < 4.78 is 11.8. The van der Waals surface area contributed by atoms with E-state index in [1.807, 2.05) is 36.2 Å². The monoisotopic (exact) mass is 495 g/mol. The predicted molar refractivity (Wildman–Crippen MR) is 139 cm³/mol. The van der Waals surface area contributed by atoms with Gasteiger partial charge >= 0.3 is 0 Å². The number of morpholine rings is 1. The van der Waals surface area contributed by atoms with Gasteiger partial charge in [0, 0.05) is 60.1 Å². The first-order valence-corrected chi connectivity index (χ1v) is 12.9. The Hall–Kier alpha value is -2.54. The van der Waals surface area contributed by atoms with Gasteiger partial charge in [-0.05, 0) is 67.8 Å². The Morgan fingerprint density at radius 3 is 2.86 bits per heavy atom. The topological polar surface area (TPSA) is 57.8 Å². The molecule has 3 heterocycles. The van der Waals surface area contributed by atoms with Crippen LogP contribution in [0.4, 0.5) is 0 Å². The molecule has 5 rings (SSSR count). The number of rotatable bonds is 7. The summed E-state index contributed by atoms with van der Waals surface area (Å²) in [6.45, 7) is 7.79. The van der Waals surface area contributed by atoms with Gasteiger partial charge in [0.2, 0.25) is 5.91 Å². The largest absolute Gasteiger partial charge is 0.493 e. The van der Waals surface area contributed by atoms with Gasteiger partial charge in [0.1, 0.15) is 5.75 Å². The second-order valence-corrected chi connectivity index (χ2v) is 10.4. The average molecular weight is 496 g/mol. The molecule has 1 atom stereocenters. The maximum Gasteiger partial charge on any atom is 0.223 e. The van der Waals surface area contributed by atoms with Gasteiger partial charge in [-0.2, -0.15) is 0 Å². The van der Waals surface area contributed by atoms with E-state index in [0.717, 1.165) is 54.3 Å². The fraction of sp³-hybridized carbons (Fsp3) is 0.464. The predicted octanol–water partition coefficient (Wildman–Crippen LogP) is 5.04. The molecule has 186 valence electrons. The SMILES string of the molecule is Cc1cc(OC[C@@]2(CC(=O)N3CCOCC3)CCCN(Cc3cccc4[nH]ccc34)C2)ccc1Cl. The first-order chi connectivity index (χ1) is 17.0. The van der Waals surface area contributed by atoms with E-state index in [9.17, 15) is 4.79 Å². The maximum absolute atomic E-state index is 13.4. The highest BCUT2D eigenvalue weighted by molar-refractivity contribution is 6.31. The molecule has 35 heavy (non-hydrogen) atoms. The van der Waals surface area contributed by atoms with Crippen molar-refractivity contribution in [3.05, 3.63) is 64.8 Å². The minimum atomic E-state index is -0.243. The van der Waals surface area contributed by atoms with Crippen molar-refractivity contribution in [2.24, 2.45) is 5.41 Å². The number of nitrogens with one attached hydrogen (secondary N) is 1. The Balaban J connectivity index is 1.35. The zero-order valence-electron chi connectivity index (χ0n) is 20.4. The molecule has 2 aliphatic heterocycles. The van der Waals surface area contributed by atoms with Crippen molar-refractivity contribution in [2.45, 2.75) is 32.7 Å². The zero-order valence-corrected chi connectivity index (χ0v) is 21.2. The van der Waals surface area contributed by atoms with Crippen molar-refractivity contribution in [1.82, 2.24) is 14.8 Å². The highest BCUT2D eigenvalue weighted by Gasteiger charge is 2.39. The number of aromatic amines is 1. The third kappa shape index (κ3) is 5.66. The molecular weight excluding hydrogens is 462 g/mol. The quantitative estimate of drug-likeness (QED) is 0.499. The van der Waals surface area contributed by atoms with Crippen molar-refractivity contribution >= 4 is 28.4 Å². The number of hydrogen-bond donors (Lipinski definition) is 1. The van der Waals surface area contributed by atoms with E-state index in [0.29, 0.717) is 39.3 Å². The summed E-state index contributed by atoms with van der Waals surface area (Å²) in [5, 5.41) is 2.00. The molecular formula is C28H34ClN3O3. The molecule has 1 N–H and O–H groups in total. The molecule has 2 fully saturated rings. The Labute approximate surface area is 212 Å². The molecule has 2 saturated heterocycles. The van der Waals surface area contributed by atoms with Crippen LogP contribution in [0.2, 0.25) is 5.02 Å². The fourth-order valence-electron chi connectivity index (χ4n) is 5.48. The summed E-state index contributed by atoms with van der Waals surface area (Å²) in [5.41, 5.74) is 3.23. The summed E-state index contributed by atoms with van der Waals surface area (Å²) in [6.07, 6.45) is 4.51. The fourth-order valence-corrected chi connectivity index (χ4v) is 5.59. The van der Waals surface area contributed by atoms with Crippen LogP contribution in [0.5, 0.6) is 5.75 Å². The van der Waals surface area contributed by atoms with Crippen molar-refractivity contribution in [1.29, 1.82) is 0 Å². The Bertz CT molecular complexity index is 1170. The van der Waals surface area contributed by atoms with E-state index >= 15 is 0 Å². The number of H-pyrrole nitrogens is 1. The number of aryl methyl sites for hydroxylation is 1. The van der Waals surface area contributed by atoms with Crippen LogP contribution in [0.25, 0.3) is 10.9 Å². The van der Waals surface area contributed by atoms with Gasteiger partial charge in [0.25, 0.3) is 0 Å². The van der Waals surface area contributed by atoms with Crippen LogP contribution < -0.4 is 4.74 Å². The standard InChI is InChI=1S/C28H34ClN3O3/c1-21-16-23(6-7-25(21)29)35-20-28(17-27(33)32-12-14-34-15-13-32)9-3-11-31(19-28)18-22-4-2-5-26-24(22)8-10-30-26/h2,4-8,10,16,30H,3,9,11-15,17-20H2,1H3/t28-/m1/s1. The highest BCUT2D eigenvalue weighted by Crippen LogP contribution is 2.37. The molecule has 2 aliphatic rings. The molecule has 0 unspecified atom stereocenters. The molecule has 0 saturated carbocycles. The second kappa shape index (κ2) is 10.6. The van der Waals surface area contributed by atoms with Crippen LogP contribution >= 0.6 is 11.6 Å². The highest BCUT2D eigenvalue weighted by atomic mass is 35.5. The molecule has 1 amide bonds. The van der Waals surface area contributed by atoms with Crippen LogP contribution in [0.15, 0.2) is 48.7 Å². The van der Waals surface area contributed by atoms with Gasteiger partial charge in [0.05, 0.1) is 19.8 Å². The number of fused-ring (bicyclic) bond motifs is 1. The molecule has 3 aromatic rings. The van der Waals surface area contributed by atoms with Gasteiger partial charge in [0.15, 0.2) is 0 Å². The first kappa shape index (κ1) is 24.2. The number of amides is 1.